The lowest BCUT2D eigenvalue weighted by Crippen LogP contribution is -2.05. The first-order valence-corrected chi connectivity index (χ1v) is 20.4. The number of rotatable bonds is 29. The molecule has 2 aromatic carbocycles. The molecular weight excluding hydrogens is 561 g/mol. The third kappa shape index (κ3) is 16.8. The smallest absolute Gasteiger partial charge is 0.282 e. The Morgan fingerprint density at radius 1 is 0.477 bits per heavy atom. The first-order chi connectivity index (χ1) is 21.5. The van der Waals surface area contributed by atoms with Gasteiger partial charge in [0.15, 0.2) is 0 Å². The van der Waals surface area contributed by atoms with Crippen LogP contribution in [0.15, 0.2) is 35.2 Å². The zero-order valence-electron chi connectivity index (χ0n) is 28.9. The van der Waals surface area contributed by atoms with Gasteiger partial charge in [-0.05, 0) is 48.3 Å². The van der Waals surface area contributed by atoms with Crippen LogP contribution < -0.4 is 0 Å². The highest BCUT2D eigenvalue weighted by atomic mass is 32.2. The van der Waals surface area contributed by atoms with Crippen LogP contribution >= 0.6 is 0 Å². The van der Waals surface area contributed by atoms with E-state index in [0.717, 1.165) is 36.6 Å². The summed E-state index contributed by atoms with van der Waals surface area (Å²) in [5.41, 5.74) is 2.42. The quantitative estimate of drug-likeness (QED) is 0.0720. The van der Waals surface area contributed by atoms with Gasteiger partial charge >= 0.3 is 0 Å². The summed E-state index contributed by atoms with van der Waals surface area (Å²) in [4.78, 5) is 0.0758. The van der Waals surface area contributed by atoms with Crippen molar-refractivity contribution in [2.45, 2.75) is 199 Å². The van der Waals surface area contributed by atoms with Gasteiger partial charge in [0.05, 0.1) is 0 Å². The van der Waals surface area contributed by atoms with Gasteiger partial charge in [0.2, 0.25) is 0 Å². The van der Waals surface area contributed by atoms with Crippen molar-refractivity contribution in [3.8, 4) is 0 Å². The van der Waals surface area contributed by atoms with E-state index in [1.165, 1.54) is 160 Å². The minimum absolute atomic E-state index is 0.0758. The Kier molecular flexibility index (Phi) is 21.9. The molecular formula is C40H68O3S. The van der Waals surface area contributed by atoms with Crippen LogP contribution in [0.3, 0.4) is 0 Å². The summed E-state index contributed by atoms with van der Waals surface area (Å²) >= 11 is 0. The predicted molar refractivity (Wildman–Crippen MR) is 193 cm³/mol. The average Bonchev–Trinajstić information content (AvgIpc) is 3.01. The van der Waals surface area contributed by atoms with Crippen LogP contribution in [0, 0.1) is 0 Å². The summed E-state index contributed by atoms with van der Waals surface area (Å²) in [6.07, 6.45) is 36.5. The van der Waals surface area contributed by atoms with E-state index in [1.807, 2.05) is 18.2 Å². The molecule has 0 aliphatic rings. The monoisotopic (exact) mass is 628 g/mol. The van der Waals surface area contributed by atoms with Crippen LogP contribution in [0.5, 0.6) is 0 Å². The Labute approximate surface area is 273 Å². The fourth-order valence-corrected chi connectivity index (χ4v) is 7.59. The molecule has 0 spiro atoms. The van der Waals surface area contributed by atoms with Crippen molar-refractivity contribution in [3.63, 3.8) is 0 Å². The van der Waals surface area contributed by atoms with Gasteiger partial charge in [-0.25, -0.2) is 0 Å². The van der Waals surface area contributed by atoms with Crippen molar-refractivity contribution in [2.24, 2.45) is 0 Å². The third-order valence-corrected chi connectivity index (χ3v) is 10.5. The normalized spacial score (nSPS) is 12.0. The molecule has 0 bridgehead atoms. The highest BCUT2D eigenvalue weighted by Crippen LogP contribution is 2.32. The maximum atomic E-state index is 12.3. The van der Waals surface area contributed by atoms with Crippen molar-refractivity contribution in [1.29, 1.82) is 0 Å². The van der Waals surface area contributed by atoms with E-state index in [4.69, 9.17) is 0 Å². The van der Waals surface area contributed by atoms with E-state index in [0.29, 0.717) is 5.39 Å². The topological polar surface area (TPSA) is 54.4 Å². The summed E-state index contributed by atoms with van der Waals surface area (Å²) < 4.78 is 34.7. The Morgan fingerprint density at radius 2 is 0.818 bits per heavy atom. The fourth-order valence-electron chi connectivity index (χ4n) is 6.84. The average molecular weight is 629 g/mol. The molecule has 0 atom stereocenters. The highest BCUT2D eigenvalue weighted by Gasteiger charge is 2.19. The Hall–Kier alpha value is -1.39. The predicted octanol–water partition coefficient (Wildman–Crippen LogP) is 13.4. The maximum Gasteiger partial charge on any atom is 0.295 e. The molecule has 0 amide bonds. The third-order valence-electron chi connectivity index (χ3n) is 9.57. The number of unbranched alkanes of at least 4 members (excludes halogenated alkanes) is 24. The van der Waals surface area contributed by atoms with Crippen LogP contribution in [-0.4, -0.2) is 13.0 Å². The van der Waals surface area contributed by atoms with Gasteiger partial charge in [-0.15, -0.1) is 0 Å². The first-order valence-electron chi connectivity index (χ1n) is 19.0. The lowest BCUT2D eigenvalue weighted by atomic mass is 9.91. The van der Waals surface area contributed by atoms with Crippen LogP contribution in [0.4, 0.5) is 0 Å². The van der Waals surface area contributed by atoms with Crippen molar-refractivity contribution in [3.05, 3.63) is 41.5 Å². The Morgan fingerprint density at radius 3 is 1.20 bits per heavy atom. The summed E-state index contributed by atoms with van der Waals surface area (Å²) in [5, 5.41) is 1.67. The van der Waals surface area contributed by atoms with Crippen molar-refractivity contribution < 1.29 is 13.0 Å². The van der Waals surface area contributed by atoms with Crippen LogP contribution in [0.25, 0.3) is 10.8 Å². The summed E-state index contributed by atoms with van der Waals surface area (Å²) in [6, 6.07) is 9.56. The van der Waals surface area contributed by atoms with E-state index < -0.39 is 10.1 Å². The van der Waals surface area contributed by atoms with Gasteiger partial charge in [0.1, 0.15) is 4.90 Å². The number of aryl methyl sites for hydroxylation is 2. The number of hydrogen-bond acceptors (Lipinski definition) is 2. The standard InChI is InChI=1S/C40H68O3S/c1-3-5-7-9-11-13-15-17-19-21-23-25-27-31-36-35-40(44(41,42)43)39-34-30-29-33-38(39)37(36)32-28-26-24-22-20-18-16-14-12-10-8-6-4-2/h29-30,33-35H,3-28,31-32H2,1-2H3,(H,41,42,43). The van der Waals surface area contributed by atoms with Crippen LogP contribution in [-0.2, 0) is 23.0 Å². The molecule has 0 aliphatic heterocycles. The minimum atomic E-state index is -4.27. The zero-order chi connectivity index (χ0) is 31.7. The first kappa shape index (κ1) is 38.8. The fraction of sp³-hybridized carbons (Fsp3) is 0.750. The largest absolute Gasteiger partial charge is 0.295 e. The van der Waals surface area contributed by atoms with Crippen LogP contribution in [0.1, 0.15) is 192 Å². The van der Waals surface area contributed by atoms with Gasteiger partial charge in [-0.1, -0.05) is 192 Å². The molecule has 0 saturated carbocycles. The van der Waals surface area contributed by atoms with E-state index in [-0.39, 0.29) is 4.90 Å². The molecule has 3 nitrogen and oxygen atoms in total. The van der Waals surface area contributed by atoms with Gasteiger partial charge in [-0.2, -0.15) is 8.42 Å². The van der Waals surface area contributed by atoms with Crippen molar-refractivity contribution >= 4 is 20.9 Å². The van der Waals surface area contributed by atoms with Gasteiger partial charge in [0.25, 0.3) is 10.1 Å². The molecule has 44 heavy (non-hydrogen) atoms. The molecule has 252 valence electrons. The molecule has 2 rings (SSSR count). The molecule has 0 radical (unpaired) electrons. The van der Waals surface area contributed by atoms with E-state index >= 15 is 0 Å². The molecule has 0 heterocycles. The number of benzene rings is 2. The number of fused-ring (bicyclic) bond motifs is 1. The Balaban J connectivity index is 1.78. The second-order valence-corrected chi connectivity index (χ2v) is 14.9. The minimum Gasteiger partial charge on any atom is -0.282 e. The SMILES string of the molecule is CCCCCCCCCCCCCCCc1cc(S(=O)(=O)O)c2ccccc2c1CCCCCCCCCCCCCCC. The molecule has 0 aliphatic carbocycles. The molecule has 0 fully saturated rings. The lowest BCUT2D eigenvalue weighted by Gasteiger charge is -2.16. The Bertz CT molecular complexity index is 1090. The van der Waals surface area contributed by atoms with Gasteiger partial charge in [0, 0.05) is 5.39 Å². The summed E-state index contributed by atoms with van der Waals surface area (Å²) in [6.45, 7) is 4.56. The van der Waals surface area contributed by atoms with E-state index in [2.05, 4.69) is 19.9 Å². The van der Waals surface area contributed by atoms with Crippen LogP contribution in [0.2, 0.25) is 0 Å². The second kappa shape index (κ2) is 24.8. The van der Waals surface area contributed by atoms with Crippen molar-refractivity contribution in [2.75, 3.05) is 0 Å². The molecule has 0 saturated heterocycles. The molecule has 1 N–H and O–H groups in total. The molecule has 4 heteroatoms. The summed E-state index contributed by atoms with van der Waals surface area (Å²) in [5.74, 6) is 0. The maximum absolute atomic E-state index is 12.3. The zero-order valence-corrected chi connectivity index (χ0v) is 29.7. The molecule has 0 aromatic heterocycles. The molecule has 0 unspecified atom stereocenters. The number of hydrogen-bond donors (Lipinski definition) is 1. The lowest BCUT2D eigenvalue weighted by molar-refractivity contribution is 0.484. The van der Waals surface area contributed by atoms with E-state index in [1.54, 1.807) is 6.07 Å². The molecule has 2 aromatic rings. The highest BCUT2D eigenvalue weighted by molar-refractivity contribution is 7.86. The van der Waals surface area contributed by atoms with Gasteiger partial charge < -0.3 is 0 Å². The summed E-state index contributed by atoms with van der Waals surface area (Å²) in [7, 11) is -4.27. The van der Waals surface area contributed by atoms with E-state index in [9.17, 15) is 13.0 Å². The van der Waals surface area contributed by atoms with Crippen molar-refractivity contribution in [1.82, 2.24) is 0 Å². The van der Waals surface area contributed by atoms with Gasteiger partial charge in [-0.3, -0.25) is 4.55 Å². The second-order valence-electron chi connectivity index (χ2n) is 13.5.